The first-order valence-corrected chi connectivity index (χ1v) is 46.1. The number of nitrogens with zero attached hydrogens (tertiary/aromatic N) is 10. The van der Waals surface area contributed by atoms with Crippen LogP contribution >= 0.6 is 0 Å². The molecule has 26 aromatic rings. The van der Waals surface area contributed by atoms with Gasteiger partial charge in [-0.3, -0.25) is 9.13 Å². The SMILES string of the molecule is c1ccc(-c2cccc(-c3cccc(-c4cccc(-c5ccccc5-n5c6ccccc6c6cc7c(cc65)c5ccccc5n7-c5nc(-c6ccccc6)nc(-c6cccc(-c7ccc(-n8c9ccccc9c9c8ccc8c%10ccccc%10n(-c%10nc(-c%11ccccc%11)nc(-c%11ccccc%11)n%10)c89)c(-c8cccc(-c9cccc(-c%10cccc(-c%11ccccc%11)c%10)c9)c8)c7)c6)n5)c4)c3)c2)cc1. The van der Waals surface area contributed by atoms with E-state index < -0.39 is 0 Å². The highest BCUT2D eigenvalue weighted by atomic mass is 15.2. The Bertz CT molecular complexity index is 9170. The largest absolute Gasteiger partial charge is 0.309 e. The standard InChI is InChI=1S/C126H80N10/c1-6-33-81(34-7-1)86-43-26-45-88(71-86)90-47-28-49-92(73-90)94-51-30-54-98(75-94)101-57-16-21-62-110(101)134-111-63-22-18-59-103(111)108-80-118-109(79-117(108)134)104-60-19-23-64-112(104)135(118)125-129-123(85-41-14-5-15-42-85)128-124(132-125)100-56-32-53-96(77-100)97-67-69-115(107(78-97)99-55-31-52-95(76-99)93-50-29-48-91(74-93)89-46-27-44-87(72-89)82-35-8-2-9-36-82)133-114-66-25-20-61-106(114)119-116(133)70-68-105-102-58-17-24-65-113(102)136(120(105)119)126-130-121(83-37-10-3-11-38-83)127-122(131-126)84-39-12-4-13-40-84/h1-80H. The number of aromatic nitrogens is 10. The zero-order valence-electron chi connectivity index (χ0n) is 73.7. The molecule has 6 aromatic heterocycles. The van der Waals surface area contributed by atoms with Crippen LogP contribution in [0.3, 0.4) is 0 Å². The van der Waals surface area contributed by atoms with Gasteiger partial charge in [-0.05, 0) is 192 Å². The third kappa shape index (κ3) is 13.7. The van der Waals surface area contributed by atoms with Gasteiger partial charge in [0.25, 0.3) is 0 Å². The first-order valence-electron chi connectivity index (χ1n) is 46.1. The van der Waals surface area contributed by atoms with E-state index in [1.807, 2.05) is 54.6 Å². The van der Waals surface area contributed by atoms with E-state index >= 15 is 0 Å². The van der Waals surface area contributed by atoms with E-state index in [0.717, 1.165) is 188 Å². The van der Waals surface area contributed by atoms with E-state index in [9.17, 15) is 0 Å². The first-order chi connectivity index (χ1) is 67.4. The molecule has 26 rings (SSSR count). The van der Waals surface area contributed by atoms with E-state index in [0.29, 0.717) is 35.2 Å². The zero-order valence-corrected chi connectivity index (χ0v) is 73.7. The number of hydrogen-bond acceptors (Lipinski definition) is 6. The molecule has 0 radical (unpaired) electrons. The van der Waals surface area contributed by atoms with Crippen LogP contribution in [0.4, 0.5) is 0 Å². The van der Waals surface area contributed by atoms with Crippen LogP contribution in [0.15, 0.2) is 485 Å². The highest BCUT2D eigenvalue weighted by molar-refractivity contribution is 6.27. The Morgan fingerprint density at radius 2 is 0.419 bits per heavy atom. The predicted molar refractivity (Wildman–Crippen MR) is 561 cm³/mol. The molecule has 10 heteroatoms. The molecular weight excluding hydrogens is 1650 g/mol. The first kappa shape index (κ1) is 78.6. The molecule has 0 fully saturated rings. The second-order valence-electron chi connectivity index (χ2n) is 34.9. The molecule has 0 aliphatic carbocycles. The summed E-state index contributed by atoms with van der Waals surface area (Å²) in [5, 5.41) is 8.71. The van der Waals surface area contributed by atoms with Crippen molar-refractivity contribution in [1.82, 2.24) is 48.2 Å². The Hall–Kier alpha value is -18.4. The molecule has 0 amide bonds. The molecule has 0 atom stereocenters. The van der Waals surface area contributed by atoms with Crippen LogP contribution in [-0.2, 0) is 0 Å². The lowest BCUT2D eigenvalue weighted by molar-refractivity contribution is 0.953. The van der Waals surface area contributed by atoms with Gasteiger partial charge in [-0.25, -0.2) is 9.97 Å². The fourth-order valence-corrected chi connectivity index (χ4v) is 20.5. The van der Waals surface area contributed by atoms with Gasteiger partial charge in [-0.1, -0.05) is 382 Å². The maximum absolute atomic E-state index is 5.68. The molecular formula is C126H80N10. The second-order valence-corrected chi connectivity index (χ2v) is 34.9. The summed E-state index contributed by atoms with van der Waals surface area (Å²) in [5.41, 5.74) is 34.0. The number of para-hydroxylation sites is 5. The minimum absolute atomic E-state index is 0.503. The summed E-state index contributed by atoms with van der Waals surface area (Å²) in [5.74, 6) is 3.29. The van der Waals surface area contributed by atoms with Crippen LogP contribution in [0.25, 0.3) is 256 Å². The van der Waals surface area contributed by atoms with Crippen molar-refractivity contribution in [3.8, 4) is 169 Å². The topological polar surface area (TPSA) is 97.1 Å². The minimum Gasteiger partial charge on any atom is -0.309 e. The maximum atomic E-state index is 5.68. The summed E-state index contributed by atoms with van der Waals surface area (Å²) < 4.78 is 9.45. The Kier molecular flexibility index (Phi) is 19.0. The van der Waals surface area contributed by atoms with Crippen LogP contribution in [0, 0.1) is 0 Å². The van der Waals surface area contributed by atoms with Crippen molar-refractivity contribution in [3.05, 3.63) is 485 Å². The minimum atomic E-state index is 0.503. The molecule has 0 saturated heterocycles. The lowest BCUT2D eigenvalue weighted by atomic mass is 9.93. The maximum Gasteiger partial charge on any atom is 0.238 e. The van der Waals surface area contributed by atoms with E-state index in [-0.39, 0.29) is 0 Å². The van der Waals surface area contributed by atoms with Gasteiger partial charge >= 0.3 is 0 Å². The summed E-state index contributed by atoms with van der Waals surface area (Å²) in [7, 11) is 0. The fourth-order valence-electron chi connectivity index (χ4n) is 20.5. The van der Waals surface area contributed by atoms with E-state index in [2.05, 4.69) is 449 Å². The van der Waals surface area contributed by atoms with E-state index in [1.54, 1.807) is 0 Å². The van der Waals surface area contributed by atoms with Gasteiger partial charge < -0.3 is 9.13 Å². The van der Waals surface area contributed by atoms with Crippen molar-refractivity contribution in [2.75, 3.05) is 0 Å². The van der Waals surface area contributed by atoms with Gasteiger partial charge in [0.15, 0.2) is 23.3 Å². The summed E-state index contributed by atoms with van der Waals surface area (Å²) in [6.07, 6.45) is 0. The second kappa shape index (κ2) is 32.9. The molecule has 10 nitrogen and oxygen atoms in total. The number of benzene rings is 20. The number of hydrogen-bond donors (Lipinski definition) is 0. The van der Waals surface area contributed by atoms with Crippen LogP contribution in [0.2, 0.25) is 0 Å². The van der Waals surface area contributed by atoms with Crippen LogP contribution in [0.5, 0.6) is 0 Å². The quantitative estimate of drug-likeness (QED) is 0.0901. The molecule has 0 N–H and O–H groups in total. The molecule has 0 unspecified atom stereocenters. The Labute approximate surface area is 784 Å². The Balaban J connectivity index is 0.623. The highest BCUT2D eigenvalue weighted by Crippen LogP contribution is 2.48. The molecule has 0 saturated carbocycles. The average Bonchev–Trinajstić information content (AvgIpc) is 1.54. The molecule has 20 aromatic carbocycles. The van der Waals surface area contributed by atoms with Gasteiger partial charge in [-0.2, -0.15) is 19.9 Å². The molecule has 136 heavy (non-hydrogen) atoms. The number of rotatable bonds is 17. The summed E-state index contributed by atoms with van der Waals surface area (Å²) in [6, 6.07) is 174. The smallest absolute Gasteiger partial charge is 0.238 e. The van der Waals surface area contributed by atoms with Crippen molar-refractivity contribution in [1.29, 1.82) is 0 Å². The fraction of sp³-hybridized carbons (Fsp3) is 0. The van der Waals surface area contributed by atoms with E-state index in [4.69, 9.17) is 29.9 Å². The molecule has 6 heterocycles. The van der Waals surface area contributed by atoms with Crippen molar-refractivity contribution in [2.24, 2.45) is 0 Å². The van der Waals surface area contributed by atoms with Crippen molar-refractivity contribution in [3.63, 3.8) is 0 Å². The lowest BCUT2D eigenvalue weighted by Crippen LogP contribution is -2.06. The van der Waals surface area contributed by atoms with Gasteiger partial charge in [0, 0.05) is 76.5 Å². The monoisotopic (exact) mass is 1730 g/mol. The van der Waals surface area contributed by atoms with Gasteiger partial charge in [-0.15, -0.1) is 0 Å². The van der Waals surface area contributed by atoms with Crippen LogP contribution < -0.4 is 0 Å². The molecule has 0 bridgehead atoms. The highest BCUT2D eigenvalue weighted by Gasteiger charge is 2.28. The van der Waals surface area contributed by atoms with Crippen molar-refractivity contribution >= 4 is 87.2 Å². The zero-order chi connectivity index (χ0) is 89.7. The summed E-state index contributed by atoms with van der Waals surface area (Å²) in [4.78, 5) is 32.8. The van der Waals surface area contributed by atoms with Crippen LogP contribution in [-0.4, -0.2) is 48.2 Å². The Morgan fingerprint density at radius 1 is 0.132 bits per heavy atom. The summed E-state index contributed by atoms with van der Waals surface area (Å²) >= 11 is 0. The van der Waals surface area contributed by atoms with Gasteiger partial charge in [0.1, 0.15) is 0 Å². The summed E-state index contributed by atoms with van der Waals surface area (Å²) in [6.45, 7) is 0. The van der Waals surface area contributed by atoms with Crippen LogP contribution in [0.1, 0.15) is 0 Å². The van der Waals surface area contributed by atoms with Crippen molar-refractivity contribution in [2.45, 2.75) is 0 Å². The number of fused-ring (bicyclic) bond motifs is 13. The predicted octanol–water partition coefficient (Wildman–Crippen LogP) is 32.1. The normalized spacial score (nSPS) is 11.7. The molecule has 0 spiro atoms. The third-order valence-electron chi connectivity index (χ3n) is 26.9. The lowest BCUT2D eigenvalue weighted by Gasteiger charge is -2.17. The third-order valence-corrected chi connectivity index (χ3v) is 26.9. The molecule has 0 aliphatic heterocycles. The Morgan fingerprint density at radius 3 is 0.875 bits per heavy atom. The van der Waals surface area contributed by atoms with E-state index in [1.165, 1.54) is 33.4 Å². The molecule has 0 aliphatic rings. The van der Waals surface area contributed by atoms with Crippen molar-refractivity contribution < 1.29 is 0 Å². The average molecular weight is 1730 g/mol. The van der Waals surface area contributed by atoms with Gasteiger partial charge in [0.05, 0.1) is 55.5 Å². The molecule has 634 valence electrons. The van der Waals surface area contributed by atoms with Gasteiger partial charge in [0.2, 0.25) is 11.9 Å².